The molecule has 0 N–H and O–H groups in total. The van der Waals surface area contributed by atoms with Crippen molar-refractivity contribution in [3.8, 4) is 0 Å². The van der Waals surface area contributed by atoms with E-state index < -0.39 is 8.80 Å². The fourth-order valence-corrected chi connectivity index (χ4v) is 3.52. The molecule has 0 radical (unpaired) electrons. The molecule has 6 heteroatoms. The molecule has 4 nitrogen and oxygen atoms in total. The summed E-state index contributed by atoms with van der Waals surface area (Å²) in [6.07, 6.45) is 0.925. The van der Waals surface area contributed by atoms with Gasteiger partial charge < -0.3 is 4.74 Å². The van der Waals surface area contributed by atoms with Gasteiger partial charge in [0, 0.05) is 15.2 Å². The quantitative estimate of drug-likeness (QED) is 0.708. The number of hydrogen-bond donors (Lipinski definition) is 0. The molecule has 1 aromatic heterocycles. The lowest BCUT2D eigenvalue weighted by atomic mass is 10.0. The summed E-state index contributed by atoms with van der Waals surface area (Å²) in [4.78, 5) is 4.55. The number of fused-ring (bicyclic) bond motifs is 1. The number of aromatic nitrogens is 3. The highest BCUT2D eigenvalue weighted by atomic mass is 79.9. The van der Waals surface area contributed by atoms with Crippen LogP contribution in [0.25, 0.3) is 0 Å². The van der Waals surface area contributed by atoms with Crippen LogP contribution in [-0.2, 0) is 4.74 Å². The maximum absolute atomic E-state index is 6.31. The Morgan fingerprint density at radius 3 is 2.65 bits per heavy atom. The van der Waals surface area contributed by atoms with Crippen molar-refractivity contribution in [2.45, 2.75) is 50.5 Å². The first kappa shape index (κ1) is 16.9. The van der Waals surface area contributed by atoms with Gasteiger partial charge in [-0.15, -0.1) is 5.10 Å². The zero-order valence-electron chi connectivity index (χ0n) is 14.2. The Bertz CT molecular complexity index is 672. The summed E-state index contributed by atoms with van der Waals surface area (Å²) in [5.74, 6) is 0.937. The molecule has 3 rings (SSSR count). The highest BCUT2D eigenvalue weighted by Gasteiger charge is 2.37. The molecule has 1 aromatic carbocycles. The van der Waals surface area contributed by atoms with E-state index in [1.165, 1.54) is 5.56 Å². The normalized spacial score (nSPS) is 21.0. The molecule has 0 amide bonds. The van der Waals surface area contributed by atoms with Crippen LogP contribution in [0.1, 0.15) is 43.8 Å². The van der Waals surface area contributed by atoms with Crippen molar-refractivity contribution < 1.29 is 4.74 Å². The monoisotopic (exact) mass is 393 g/mol. The second kappa shape index (κ2) is 6.49. The van der Waals surface area contributed by atoms with Crippen LogP contribution in [0.2, 0.25) is 18.1 Å². The predicted octanol–water partition coefficient (Wildman–Crippen LogP) is 4.36. The summed E-state index contributed by atoms with van der Waals surface area (Å²) in [5, 5.41) is 4.81. The van der Waals surface area contributed by atoms with Crippen molar-refractivity contribution in [2.24, 2.45) is 0 Å². The fourth-order valence-electron chi connectivity index (χ4n) is 2.74. The number of halogens is 1. The van der Waals surface area contributed by atoms with Crippen LogP contribution in [-0.4, -0.2) is 30.2 Å². The van der Waals surface area contributed by atoms with Gasteiger partial charge in [0.15, 0.2) is 5.82 Å². The van der Waals surface area contributed by atoms with Gasteiger partial charge in [-0.25, -0.2) is 9.67 Å². The smallest absolute Gasteiger partial charge is 0.217 e. The lowest BCUT2D eigenvalue weighted by molar-refractivity contribution is 0.0350. The van der Waals surface area contributed by atoms with Crippen LogP contribution in [0.5, 0.6) is 0 Å². The molecule has 0 fully saturated rings. The third-order valence-corrected chi connectivity index (χ3v) is 8.68. The molecule has 1 aliphatic heterocycles. The van der Waals surface area contributed by atoms with Crippen LogP contribution in [0.3, 0.4) is 0 Å². The lowest BCUT2D eigenvalue weighted by Gasteiger charge is -2.29. The third kappa shape index (κ3) is 3.44. The standard InChI is InChI=1S/C17H24BrN3OSi/c1-17(2,23(3)4)11-22-14-10-13(12-8-6-5-7-9-12)21-15(14)19-16(18)20-21/h5-9,13-14,23H,10-11H2,1-4H3/t13-,14-/m0/s1. The van der Waals surface area contributed by atoms with Crippen molar-refractivity contribution in [2.75, 3.05) is 6.61 Å². The summed E-state index contributed by atoms with van der Waals surface area (Å²) >= 11 is 3.41. The van der Waals surface area contributed by atoms with E-state index >= 15 is 0 Å². The highest BCUT2D eigenvalue weighted by molar-refractivity contribution is 9.10. The maximum Gasteiger partial charge on any atom is 0.217 e. The molecule has 23 heavy (non-hydrogen) atoms. The number of hydrogen-bond acceptors (Lipinski definition) is 3. The molecule has 0 aliphatic carbocycles. The molecule has 124 valence electrons. The number of nitrogens with zero attached hydrogens (tertiary/aromatic N) is 3. The lowest BCUT2D eigenvalue weighted by Crippen LogP contribution is -2.27. The van der Waals surface area contributed by atoms with E-state index in [1.54, 1.807) is 0 Å². The predicted molar refractivity (Wildman–Crippen MR) is 98.5 cm³/mol. The molecule has 2 aromatic rings. The first-order chi connectivity index (χ1) is 10.9. The molecule has 0 saturated carbocycles. The largest absolute Gasteiger partial charge is 0.370 e. The van der Waals surface area contributed by atoms with E-state index in [9.17, 15) is 0 Å². The minimum Gasteiger partial charge on any atom is -0.370 e. The van der Waals surface area contributed by atoms with Gasteiger partial charge in [0.1, 0.15) is 6.10 Å². The maximum atomic E-state index is 6.31. The first-order valence-corrected chi connectivity index (χ1v) is 11.8. The van der Waals surface area contributed by atoms with Crippen molar-refractivity contribution in [3.05, 3.63) is 46.5 Å². The average Bonchev–Trinajstić information content (AvgIpc) is 3.03. The topological polar surface area (TPSA) is 39.9 Å². The number of benzene rings is 1. The minimum absolute atomic E-state index is 0.0195. The summed E-state index contributed by atoms with van der Waals surface area (Å²) in [5.41, 5.74) is 1.26. The first-order valence-electron chi connectivity index (χ1n) is 8.17. The van der Waals surface area contributed by atoms with Crippen LogP contribution in [0.4, 0.5) is 0 Å². The Balaban J connectivity index is 1.81. The van der Waals surface area contributed by atoms with Gasteiger partial charge in [-0.3, -0.25) is 0 Å². The van der Waals surface area contributed by atoms with Crippen LogP contribution in [0, 0.1) is 0 Å². The van der Waals surface area contributed by atoms with E-state index in [0.717, 1.165) is 18.9 Å². The molecule has 0 unspecified atom stereocenters. The van der Waals surface area contributed by atoms with Crippen LogP contribution >= 0.6 is 15.9 Å². The summed E-state index contributed by atoms with van der Waals surface area (Å²) in [7, 11) is -0.774. The Kier molecular flexibility index (Phi) is 4.76. The molecular weight excluding hydrogens is 370 g/mol. The summed E-state index contributed by atoms with van der Waals surface area (Å²) < 4.78 is 8.97. The van der Waals surface area contributed by atoms with Gasteiger partial charge >= 0.3 is 0 Å². The Morgan fingerprint density at radius 1 is 1.30 bits per heavy atom. The van der Waals surface area contributed by atoms with Gasteiger partial charge in [0.05, 0.1) is 12.6 Å². The van der Waals surface area contributed by atoms with Crippen molar-refractivity contribution in [1.29, 1.82) is 0 Å². The van der Waals surface area contributed by atoms with Gasteiger partial charge in [-0.1, -0.05) is 57.3 Å². The van der Waals surface area contributed by atoms with E-state index in [1.807, 2.05) is 10.7 Å². The minimum atomic E-state index is -0.774. The van der Waals surface area contributed by atoms with E-state index in [-0.39, 0.29) is 17.2 Å². The third-order valence-electron chi connectivity index (χ3n) is 5.06. The SMILES string of the molecule is C[SiH](C)C(C)(C)CO[C@H]1C[C@@H](c2ccccc2)n2nc(Br)nc21. The van der Waals surface area contributed by atoms with Crippen LogP contribution < -0.4 is 0 Å². The summed E-state index contributed by atoms with van der Waals surface area (Å²) in [6, 6.07) is 10.7. The fraction of sp³-hybridized carbons (Fsp3) is 0.529. The Labute approximate surface area is 148 Å². The van der Waals surface area contributed by atoms with E-state index in [0.29, 0.717) is 4.73 Å². The van der Waals surface area contributed by atoms with E-state index in [4.69, 9.17) is 4.74 Å². The van der Waals surface area contributed by atoms with Crippen molar-refractivity contribution >= 4 is 24.7 Å². The van der Waals surface area contributed by atoms with Crippen molar-refractivity contribution in [3.63, 3.8) is 0 Å². The number of rotatable bonds is 5. The Hall–Kier alpha value is -0.983. The molecule has 2 atom stereocenters. The second-order valence-electron chi connectivity index (χ2n) is 7.29. The molecule has 2 heterocycles. The van der Waals surface area contributed by atoms with Crippen molar-refractivity contribution in [1.82, 2.24) is 14.8 Å². The van der Waals surface area contributed by atoms with Gasteiger partial charge in [-0.05, 0) is 26.5 Å². The Morgan fingerprint density at radius 2 is 2.00 bits per heavy atom. The molecular formula is C17H24BrN3OSi. The van der Waals surface area contributed by atoms with E-state index in [2.05, 4.69) is 77.2 Å². The summed E-state index contributed by atoms with van der Waals surface area (Å²) in [6.45, 7) is 10.2. The number of ether oxygens (including phenoxy) is 1. The van der Waals surface area contributed by atoms with Gasteiger partial charge in [0.2, 0.25) is 4.73 Å². The molecule has 0 bridgehead atoms. The second-order valence-corrected chi connectivity index (χ2v) is 11.9. The molecule has 1 aliphatic rings. The zero-order valence-corrected chi connectivity index (χ0v) is 16.9. The average molecular weight is 394 g/mol. The molecule has 0 saturated heterocycles. The highest BCUT2D eigenvalue weighted by Crippen LogP contribution is 2.41. The molecule has 0 spiro atoms. The van der Waals surface area contributed by atoms with Gasteiger partial charge in [-0.2, -0.15) is 0 Å². The van der Waals surface area contributed by atoms with Crippen LogP contribution in [0.15, 0.2) is 35.1 Å². The van der Waals surface area contributed by atoms with Gasteiger partial charge in [0.25, 0.3) is 0 Å². The zero-order chi connectivity index (χ0) is 16.6.